The first-order chi connectivity index (χ1) is 20.5. The van der Waals surface area contributed by atoms with Crippen LogP contribution in [0, 0.1) is 0 Å². The molecule has 1 aliphatic carbocycles. The number of esters is 1. The van der Waals surface area contributed by atoms with Crippen molar-refractivity contribution >= 4 is 45.0 Å². The van der Waals surface area contributed by atoms with E-state index in [2.05, 4.69) is 46.3 Å². The quantitative estimate of drug-likeness (QED) is 0.206. The first-order valence-electron chi connectivity index (χ1n) is 13.8. The van der Waals surface area contributed by atoms with Crippen LogP contribution < -0.4 is 14.9 Å². The summed E-state index contributed by atoms with van der Waals surface area (Å²) in [5.41, 5.74) is 6.85. The van der Waals surface area contributed by atoms with E-state index in [0.29, 0.717) is 33.0 Å². The van der Waals surface area contributed by atoms with E-state index in [1.54, 1.807) is 25.1 Å². The molecule has 0 fully saturated rings. The number of aryl methyl sites for hydroxylation is 1. The molecule has 0 unspecified atom stereocenters. The highest BCUT2D eigenvalue weighted by atomic mass is 79.9. The van der Waals surface area contributed by atoms with Gasteiger partial charge in [0.1, 0.15) is 11.5 Å². The van der Waals surface area contributed by atoms with Crippen LogP contribution >= 0.6 is 27.3 Å². The van der Waals surface area contributed by atoms with Crippen molar-refractivity contribution in [1.82, 2.24) is 4.57 Å². The Bertz CT molecular complexity index is 2050. The molecule has 0 amide bonds. The number of furan rings is 1. The molecule has 3 heterocycles. The lowest BCUT2D eigenvalue weighted by Crippen LogP contribution is -2.38. The van der Waals surface area contributed by atoms with Crippen molar-refractivity contribution < 1.29 is 13.9 Å². The van der Waals surface area contributed by atoms with Crippen molar-refractivity contribution in [2.45, 2.75) is 25.8 Å². The van der Waals surface area contributed by atoms with Gasteiger partial charge in [0.05, 0.1) is 28.4 Å². The maximum atomic E-state index is 14.0. The van der Waals surface area contributed by atoms with Crippen LogP contribution in [-0.2, 0) is 11.2 Å². The van der Waals surface area contributed by atoms with Crippen molar-refractivity contribution in [2.24, 2.45) is 4.99 Å². The molecule has 2 aliphatic rings. The minimum atomic E-state index is -0.355. The van der Waals surface area contributed by atoms with E-state index < -0.39 is 0 Å². The molecule has 8 heteroatoms. The van der Waals surface area contributed by atoms with E-state index in [0.717, 1.165) is 39.7 Å². The number of ether oxygens (including phenoxy) is 1. The number of benzene rings is 3. The first-order valence-corrected chi connectivity index (χ1v) is 15.4. The van der Waals surface area contributed by atoms with Gasteiger partial charge in [-0.2, -0.15) is 0 Å². The van der Waals surface area contributed by atoms with Crippen LogP contribution in [0.15, 0.2) is 109 Å². The summed E-state index contributed by atoms with van der Waals surface area (Å²) in [6.45, 7) is 2.11. The van der Waals surface area contributed by atoms with Gasteiger partial charge in [-0.05, 0) is 72.9 Å². The number of carbonyl (C=O) groups is 1. The van der Waals surface area contributed by atoms with Gasteiger partial charge < -0.3 is 9.15 Å². The zero-order valence-corrected chi connectivity index (χ0v) is 25.1. The van der Waals surface area contributed by atoms with Crippen LogP contribution in [0.4, 0.5) is 0 Å². The van der Waals surface area contributed by atoms with E-state index in [1.165, 1.54) is 22.5 Å². The Labute approximate surface area is 254 Å². The molecule has 0 bridgehead atoms. The smallest absolute Gasteiger partial charge is 0.338 e. The third-order valence-electron chi connectivity index (χ3n) is 7.64. The van der Waals surface area contributed by atoms with Crippen LogP contribution in [0.1, 0.15) is 52.2 Å². The Kier molecular flexibility index (Phi) is 6.88. The first kappa shape index (κ1) is 26.6. The molecule has 208 valence electrons. The number of fused-ring (bicyclic) bond motifs is 3. The lowest BCUT2D eigenvalue weighted by molar-refractivity contribution is 0.0526. The van der Waals surface area contributed by atoms with Crippen LogP contribution in [0.5, 0.6) is 0 Å². The van der Waals surface area contributed by atoms with Gasteiger partial charge in [-0.15, -0.1) is 0 Å². The summed E-state index contributed by atoms with van der Waals surface area (Å²) in [5, 5.41) is 0. The van der Waals surface area contributed by atoms with E-state index in [1.807, 2.05) is 47.0 Å². The second-order valence-corrected chi connectivity index (χ2v) is 12.1. The van der Waals surface area contributed by atoms with Gasteiger partial charge in [-0.25, -0.2) is 9.79 Å². The van der Waals surface area contributed by atoms with Gasteiger partial charge in [0, 0.05) is 21.7 Å². The molecule has 0 N–H and O–H groups in total. The summed E-state index contributed by atoms with van der Waals surface area (Å²) in [6.07, 6.45) is 3.55. The van der Waals surface area contributed by atoms with Gasteiger partial charge in [-0.3, -0.25) is 9.36 Å². The zero-order valence-electron chi connectivity index (χ0n) is 22.7. The second-order valence-electron chi connectivity index (χ2n) is 10.2. The summed E-state index contributed by atoms with van der Waals surface area (Å²) < 4.78 is 14.6. The second kappa shape index (κ2) is 10.9. The highest BCUT2D eigenvalue weighted by molar-refractivity contribution is 9.10. The third-order valence-corrected chi connectivity index (χ3v) is 9.15. The number of allylic oxidation sites excluding steroid dienone is 1. The lowest BCUT2D eigenvalue weighted by Gasteiger charge is -2.30. The molecule has 7 rings (SSSR count). The predicted octanol–water partition coefficient (Wildman–Crippen LogP) is 6.52. The van der Waals surface area contributed by atoms with Crippen molar-refractivity contribution in [1.29, 1.82) is 0 Å². The highest BCUT2D eigenvalue weighted by Gasteiger charge is 2.32. The molecule has 1 aliphatic heterocycles. The molecule has 3 aromatic carbocycles. The van der Waals surface area contributed by atoms with Crippen LogP contribution in [0.25, 0.3) is 23.1 Å². The molecule has 6 nitrogen and oxygen atoms in total. The largest absolute Gasteiger partial charge is 0.462 e. The average Bonchev–Trinajstić information content (AvgIpc) is 3.61. The minimum absolute atomic E-state index is 0.0891. The van der Waals surface area contributed by atoms with Crippen molar-refractivity contribution in [3.8, 4) is 11.3 Å². The van der Waals surface area contributed by atoms with Gasteiger partial charge in [0.15, 0.2) is 4.80 Å². The maximum Gasteiger partial charge on any atom is 0.338 e. The zero-order chi connectivity index (χ0) is 28.8. The number of aromatic nitrogens is 1. The third kappa shape index (κ3) is 4.70. The number of hydrogen-bond acceptors (Lipinski definition) is 6. The fourth-order valence-electron chi connectivity index (χ4n) is 5.67. The minimum Gasteiger partial charge on any atom is -0.462 e. The Morgan fingerprint density at radius 2 is 1.83 bits per heavy atom. The molecule has 0 radical (unpaired) electrons. The summed E-state index contributed by atoms with van der Waals surface area (Å²) in [5.74, 6) is 0.856. The molecule has 42 heavy (non-hydrogen) atoms. The van der Waals surface area contributed by atoms with E-state index in [9.17, 15) is 9.59 Å². The molecule has 0 saturated heterocycles. The SMILES string of the molecule is CCOC(=O)c1ccc(-c2ccc(/C=c3/sc4n(c3=O)[C@H](c3ccc(Br)cc3)C3=C(N=4)c4ccccc4CC3)o2)cc1. The molecular formula is C34H25BrN2O4S. The monoisotopic (exact) mass is 636 g/mol. The Hall–Kier alpha value is -4.27. The summed E-state index contributed by atoms with van der Waals surface area (Å²) in [7, 11) is 0. The van der Waals surface area contributed by atoms with E-state index in [-0.39, 0.29) is 17.6 Å². The number of nitrogens with zero attached hydrogens (tertiary/aromatic N) is 2. The molecular weight excluding hydrogens is 612 g/mol. The molecule has 1 atom stereocenters. The van der Waals surface area contributed by atoms with E-state index in [4.69, 9.17) is 14.1 Å². The topological polar surface area (TPSA) is 73.8 Å². The Balaban J connectivity index is 1.31. The summed E-state index contributed by atoms with van der Waals surface area (Å²) >= 11 is 4.93. The highest BCUT2D eigenvalue weighted by Crippen LogP contribution is 2.41. The molecule has 5 aromatic rings. The average molecular weight is 638 g/mol. The Morgan fingerprint density at radius 3 is 2.62 bits per heavy atom. The van der Waals surface area contributed by atoms with E-state index >= 15 is 0 Å². The van der Waals surface area contributed by atoms with Crippen molar-refractivity contribution in [3.05, 3.63) is 143 Å². The van der Waals surface area contributed by atoms with Gasteiger partial charge >= 0.3 is 5.97 Å². The van der Waals surface area contributed by atoms with Gasteiger partial charge in [0.2, 0.25) is 0 Å². The number of thiazole rings is 1. The summed E-state index contributed by atoms with van der Waals surface area (Å²) in [6, 6.07) is 27.2. The standard InChI is InChI=1S/C34H25BrN2O4S/c1-2-40-33(39)23-9-7-21(8-10-23)28-18-16-25(41-28)19-29-32(38)37-31(22-11-14-24(35)15-12-22)27-17-13-20-5-3-4-6-26(20)30(27)36-34(37)42-29/h3-12,14-16,18-19,31H,2,13,17H2,1H3/b29-19+/t31-/m1/s1. The summed E-state index contributed by atoms with van der Waals surface area (Å²) in [4.78, 5) is 31.7. The van der Waals surface area contributed by atoms with Crippen LogP contribution in [0.3, 0.4) is 0 Å². The van der Waals surface area contributed by atoms with Crippen LogP contribution in [0.2, 0.25) is 0 Å². The lowest BCUT2D eigenvalue weighted by atomic mass is 9.83. The number of halogens is 1. The van der Waals surface area contributed by atoms with Gasteiger partial charge in [-0.1, -0.05) is 75.8 Å². The number of rotatable bonds is 5. The number of hydrogen-bond donors (Lipinski definition) is 0. The maximum absolute atomic E-state index is 14.0. The fraction of sp³-hybridized carbons (Fsp3) is 0.147. The normalized spacial score (nSPS) is 16.0. The fourth-order valence-corrected chi connectivity index (χ4v) is 6.91. The molecule has 0 spiro atoms. The van der Waals surface area contributed by atoms with Crippen LogP contribution in [-0.4, -0.2) is 17.1 Å². The molecule has 0 saturated carbocycles. The number of carbonyl (C=O) groups excluding carboxylic acids is 1. The van der Waals surface area contributed by atoms with Crippen molar-refractivity contribution in [2.75, 3.05) is 6.61 Å². The molecule has 2 aromatic heterocycles. The Morgan fingerprint density at radius 1 is 1.05 bits per heavy atom. The predicted molar refractivity (Wildman–Crippen MR) is 167 cm³/mol. The van der Waals surface area contributed by atoms with Gasteiger partial charge in [0.25, 0.3) is 5.56 Å². The van der Waals surface area contributed by atoms with Crippen molar-refractivity contribution in [3.63, 3.8) is 0 Å².